The van der Waals surface area contributed by atoms with E-state index in [1.807, 2.05) is 41.2 Å². The van der Waals surface area contributed by atoms with Gasteiger partial charge in [0.05, 0.1) is 6.54 Å². The van der Waals surface area contributed by atoms with Crippen LogP contribution in [0.25, 0.3) is 0 Å². The van der Waals surface area contributed by atoms with Gasteiger partial charge in [0, 0.05) is 24.6 Å². The minimum atomic E-state index is -0.168. The van der Waals surface area contributed by atoms with Crippen LogP contribution in [-0.2, 0) is 6.54 Å². The number of benzene rings is 1. The van der Waals surface area contributed by atoms with Gasteiger partial charge in [-0.05, 0) is 29.7 Å². The molecular weight excluding hydrogens is 252 g/mol. The third-order valence-electron chi connectivity index (χ3n) is 2.79. The van der Waals surface area contributed by atoms with Crippen LogP contribution in [0, 0.1) is 5.92 Å². The Kier molecular flexibility index (Phi) is 4.76. The van der Waals surface area contributed by atoms with Crippen molar-refractivity contribution in [1.29, 1.82) is 0 Å². The number of carbonyl (C=O) groups excluding carboxylic acids is 1. The lowest BCUT2D eigenvalue weighted by Gasteiger charge is -2.10. The van der Waals surface area contributed by atoms with Crippen LogP contribution in [0.4, 0.5) is 10.5 Å². The first kappa shape index (κ1) is 14.1. The van der Waals surface area contributed by atoms with Gasteiger partial charge in [-0.1, -0.05) is 26.0 Å². The Morgan fingerprint density at radius 3 is 2.65 bits per heavy atom. The number of anilines is 1. The van der Waals surface area contributed by atoms with Gasteiger partial charge in [0.25, 0.3) is 0 Å². The average Bonchev–Trinajstić information content (AvgIpc) is 2.92. The summed E-state index contributed by atoms with van der Waals surface area (Å²) in [7, 11) is 0. The number of hydrogen-bond donors (Lipinski definition) is 2. The van der Waals surface area contributed by atoms with E-state index in [1.54, 1.807) is 6.20 Å². The average molecular weight is 272 g/mol. The monoisotopic (exact) mass is 272 g/mol. The van der Waals surface area contributed by atoms with Crippen LogP contribution in [-0.4, -0.2) is 22.4 Å². The summed E-state index contributed by atoms with van der Waals surface area (Å²) in [5.74, 6) is 0.442. The normalized spacial score (nSPS) is 10.6. The predicted octanol–water partition coefficient (Wildman–Crippen LogP) is 2.71. The topological polar surface area (TPSA) is 59.0 Å². The maximum atomic E-state index is 11.6. The summed E-state index contributed by atoms with van der Waals surface area (Å²) in [6.07, 6.45) is 3.68. The van der Waals surface area contributed by atoms with Crippen molar-refractivity contribution in [3.05, 3.63) is 48.3 Å². The van der Waals surface area contributed by atoms with E-state index in [9.17, 15) is 4.79 Å². The third kappa shape index (κ3) is 4.42. The first-order valence-corrected chi connectivity index (χ1v) is 6.74. The van der Waals surface area contributed by atoms with Crippen molar-refractivity contribution in [2.24, 2.45) is 5.92 Å². The van der Waals surface area contributed by atoms with Gasteiger partial charge in [0.15, 0.2) is 0 Å². The van der Waals surface area contributed by atoms with E-state index in [0.29, 0.717) is 12.5 Å². The van der Waals surface area contributed by atoms with Crippen molar-refractivity contribution in [2.75, 3.05) is 11.9 Å². The van der Waals surface area contributed by atoms with Crippen molar-refractivity contribution >= 4 is 11.7 Å². The fourth-order valence-electron chi connectivity index (χ4n) is 1.75. The van der Waals surface area contributed by atoms with Crippen LogP contribution in [0.5, 0.6) is 0 Å². The van der Waals surface area contributed by atoms with Crippen LogP contribution < -0.4 is 10.6 Å². The molecule has 0 radical (unpaired) electrons. The second-order valence-electron chi connectivity index (χ2n) is 5.13. The van der Waals surface area contributed by atoms with E-state index >= 15 is 0 Å². The molecule has 2 rings (SSSR count). The second-order valence-corrected chi connectivity index (χ2v) is 5.13. The highest BCUT2D eigenvalue weighted by Crippen LogP contribution is 2.10. The zero-order chi connectivity index (χ0) is 14.4. The van der Waals surface area contributed by atoms with E-state index in [4.69, 9.17) is 0 Å². The van der Waals surface area contributed by atoms with Gasteiger partial charge < -0.3 is 10.6 Å². The van der Waals surface area contributed by atoms with Crippen molar-refractivity contribution in [3.8, 4) is 0 Å². The smallest absolute Gasteiger partial charge is 0.319 e. The molecule has 5 nitrogen and oxygen atoms in total. The molecule has 0 atom stereocenters. The van der Waals surface area contributed by atoms with Crippen LogP contribution in [0.3, 0.4) is 0 Å². The maximum Gasteiger partial charge on any atom is 0.319 e. The molecule has 1 aromatic heterocycles. The number of urea groups is 1. The summed E-state index contributed by atoms with van der Waals surface area (Å²) in [4.78, 5) is 11.6. The highest BCUT2D eigenvalue weighted by atomic mass is 16.2. The van der Waals surface area contributed by atoms with Gasteiger partial charge in [-0.3, -0.25) is 4.68 Å². The highest BCUT2D eigenvalue weighted by molar-refractivity contribution is 5.89. The van der Waals surface area contributed by atoms with Gasteiger partial charge in [-0.15, -0.1) is 0 Å². The van der Waals surface area contributed by atoms with Crippen molar-refractivity contribution < 1.29 is 4.79 Å². The van der Waals surface area contributed by atoms with Gasteiger partial charge in [-0.25, -0.2) is 4.79 Å². The fourth-order valence-corrected chi connectivity index (χ4v) is 1.75. The lowest BCUT2D eigenvalue weighted by Crippen LogP contribution is -2.31. The number of carbonyl (C=O) groups is 1. The molecule has 1 heterocycles. The van der Waals surface area contributed by atoms with Crippen LogP contribution in [0.15, 0.2) is 42.7 Å². The molecule has 0 saturated heterocycles. The lowest BCUT2D eigenvalue weighted by molar-refractivity contribution is 0.251. The molecule has 2 aromatic rings. The number of aromatic nitrogens is 2. The maximum absolute atomic E-state index is 11.6. The number of amides is 2. The third-order valence-corrected chi connectivity index (χ3v) is 2.79. The van der Waals surface area contributed by atoms with Crippen LogP contribution in [0.1, 0.15) is 19.4 Å². The predicted molar refractivity (Wildman–Crippen MR) is 79.6 cm³/mol. The van der Waals surface area contributed by atoms with Gasteiger partial charge in [-0.2, -0.15) is 5.10 Å². The van der Waals surface area contributed by atoms with Crippen molar-refractivity contribution in [2.45, 2.75) is 20.4 Å². The van der Waals surface area contributed by atoms with Crippen molar-refractivity contribution in [3.63, 3.8) is 0 Å². The van der Waals surface area contributed by atoms with Gasteiger partial charge in [0.2, 0.25) is 0 Å². The number of nitrogens with one attached hydrogen (secondary N) is 2. The van der Waals surface area contributed by atoms with Gasteiger partial charge >= 0.3 is 6.03 Å². The molecule has 5 heteroatoms. The summed E-state index contributed by atoms with van der Waals surface area (Å²) in [6, 6.07) is 9.49. The molecule has 1 aromatic carbocycles. The molecule has 2 amide bonds. The summed E-state index contributed by atoms with van der Waals surface area (Å²) in [5, 5.41) is 9.79. The molecule has 0 aliphatic carbocycles. The van der Waals surface area contributed by atoms with E-state index in [1.165, 1.54) is 0 Å². The number of rotatable bonds is 5. The molecule has 0 fully saturated rings. The minimum Gasteiger partial charge on any atom is -0.338 e. The molecule has 2 N–H and O–H groups in total. The van der Waals surface area contributed by atoms with E-state index in [0.717, 1.165) is 17.8 Å². The van der Waals surface area contributed by atoms with Crippen LogP contribution >= 0.6 is 0 Å². The number of nitrogens with zero attached hydrogens (tertiary/aromatic N) is 2. The van der Waals surface area contributed by atoms with Crippen LogP contribution in [0.2, 0.25) is 0 Å². The Morgan fingerprint density at radius 1 is 1.30 bits per heavy atom. The van der Waals surface area contributed by atoms with E-state index in [2.05, 4.69) is 29.6 Å². The summed E-state index contributed by atoms with van der Waals surface area (Å²) in [5.41, 5.74) is 1.93. The van der Waals surface area contributed by atoms with Crippen molar-refractivity contribution in [1.82, 2.24) is 15.1 Å². The summed E-state index contributed by atoms with van der Waals surface area (Å²) >= 11 is 0. The largest absolute Gasteiger partial charge is 0.338 e. The second kappa shape index (κ2) is 6.75. The first-order valence-electron chi connectivity index (χ1n) is 6.74. The SMILES string of the molecule is CC(C)CNC(=O)Nc1ccc(Cn2cccn2)cc1. The molecule has 0 spiro atoms. The Hall–Kier alpha value is -2.30. The molecule has 0 bridgehead atoms. The Bertz CT molecular complexity index is 532. The quantitative estimate of drug-likeness (QED) is 0.879. The lowest BCUT2D eigenvalue weighted by atomic mass is 10.2. The molecule has 0 unspecified atom stereocenters. The Labute approximate surface area is 119 Å². The Morgan fingerprint density at radius 2 is 2.05 bits per heavy atom. The first-order chi connectivity index (χ1) is 9.63. The summed E-state index contributed by atoms with van der Waals surface area (Å²) in [6.45, 7) is 5.52. The molecule has 106 valence electrons. The number of hydrogen-bond acceptors (Lipinski definition) is 2. The molecule has 20 heavy (non-hydrogen) atoms. The van der Waals surface area contributed by atoms with E-state index in [-0.39, 0.29) is 6.03 Å². The zero-order valence-electron chi connectivity index (χ0n) is 11.8. The highest BCUT2D eigenvalue weighted by Gasteiger charge is 2.02. The fraction of sp³-hybridized carbons (Fsp3) is 0.333. The Balaban J connectivity index is 1.86. The molecule has 0 aliphatic rings. The van der Waals surface area contributed by atoms with E-state index < -0.39 is 0 Å². The molecule has 0 aliphatic heterocycles. The standard InChI is InChI=1S/C15H20N4O/c1-12(2)10-16-15(20)18-14-6-4-13(5-7-14)11-19-9-3-8-17-19/h3-9,12H,10-11H2,1-2H3,(H2,16,18,20). The summed E-state index contributed by atoms with van der Waals surface area (Å²) < 4.78 is 1.86. The minimum absolute atomic E-state index is 0.168. The molecular formula is C15H20N4O. The van der Waals surface area contributed by atoms with Gasteiger partial charge in [0.1, 0.15) is 0 Å². The zero-order valence-corrected chi connectivity index (χ0v) is 11.8. The molecule has 0 saturated carbocycles.